The Balaban J connectivity index is 1.97. The first-order valence-corrected chi connectivity index (χ1v) is 9.70. The van der Waals surface area contributed by atoms with Gasteiger partial charge in [-0.2, -0.15) is 5.26 Å². The molecule has 2 aromatic rings. The monoisotopic (exact) mass is 410 g/mol. The molecule has 29 heavy (non-hydrogen) atoms. The van der Waals surface area contributed by atoms with E-state index in [0.717, 1.165) is 11.3 Å². The molecule has 2 N–H and O–H groups in total. The molecule has 1 aromatic heterocycles. The average Bonchev–Trinajstić information content (AvgIpc) is 3.18. The molecule has 0 radical (unpaired) electrons. The van der Waals surface area contributed by atoms with Gasteiger partial charge in [0.05, 0.1) is 28.2 Å². The van der Waals surface area contributed by atoms with Crippen molar-refractivity contribution in [3.63, 3.8) is 0 Å². The smallest absolute Gasteiger partial charge is 0.324 e. The molecule has 0 amide bonds. The number of hydrogen-bond acceptors (Lipinski definition) is 7. The highest BCUT2D eigenvalue weighted by Gasteiger charge is 2.41. The van der Waals surface area contributed by atoms with Gasteiger partial charge in [-0.25, -0.2) is 4.39 Å². The van der Waals surface area contributed by atoms with Crippen LogP contribution >= 0.6 is 11.3 Å². The molecule has 7 nitrogen and oxygen atoms in total. The van der Waals surface area contributed by atoms with Crippen molar-refractivity contribution in [2.75, 3.05) is 4.90 Å². The summed E-state index contributed by atoms with van der Waals surface area (Å²) in [5.74, 6) is -1.44. The van der Waals surface area contributed by atoms with Crippen molar-refractivity contribution in [1.82, 2.24) is 0 Å². The molecule has 0 bridgehead atoms. The van der Waals surface area contributed by atoms with E-state index in [1.165, 1.54) is 23.1 Å². The van der Waals surface area contributed by atoms with Gasteiger partial charge in [0.15, 0.2) is 5.78 Å². The number of ketones is 1. The van der Waals surface area contributed by atoms with Gasteiger partial charge in [-0.1, -0.05) is 23.5 Å². The molecule has 1 aromatic carbocycles. The third-order valence-electron chi connectivity index (χ3n) is 5.08. The lowest BCUT2D eigenvalue weighted by Crippen LogP contribution is -2.39. The Hall–Kier alpha value is -3.51. The molecule has 1 atom stereocenters. The van der Waals surface area contributed by atoms with E-state index in [1.807, 2.05) is 0 Å². The van der Waals surface area contributed by atoms with Gasteiger partial charge < -0.3 is 5.73 Å². The fourth-order valence-electron chi connectivity index (χ4n) is 3.87. The number of nitrogens with zero attached hydrogens (tertiary/aromatic N) is 3. The quantitative estimate of drug-likeness (QED) is 0.602. The standard InChI is InChI=1S/C20H15FN4O3S/c21-12-4-1-2-5-13(12)24-14-6-3-7-15(26)19(14)18(11(10-22)20(24)23)16-8-9-17(29-16)25(27)28/h1-2,4-5,8-9,18H,3,6-7,23H2. The zero-order chi connectivity index (χ0) is 20.7. The highest BCUT2D eigenvalue weighted by atomic mass is 32.1. The fraction of sp³-hybridized carbons (Fsp3) is 0.200. The third kappa shape index (κ3) is 2.98. The van der Waals surface area contributed by atoms with Crippen molar-refractivity contribution < 1.29 is 14.1 Å². The van der Waals surface area contributed by atoms with E-state index in [9.17, 15) is 24.6 Å². The molecule has 0 spiro atoms. The third-order valence-corrected chi connectivity index (χ3v) is 6.19. The molecular weight excluding hydrogens is 395 g/mol. The number of thiophene rings is 1. The molecule has 1 unspecified atom stereocenters. The summed E-state index contributed by atoms with van der Waals surface area (Å²) in [5, 5.41) is 20.9. The summed E-state index contributed by atoms with van der Waals surface area (Å²) < 4.78 is 14.6. The van der Waals surface area contributed by atoms with Crippen molar-refractivity contribution >= 4 is 27.8 Å². The van der Waals surface area contributed by atoms with Crippen molar-refractivity contribution in [2.24, 2.45) is 5.73 Å². The van der Waals surface area contributed by atoms with Gasteiger partial charge in [0.25, 0.3) is 0 Å². The maximum atomic E-state index is 14.6. The van der Waals surface area contributed by atoms with E-state index in [2.05, 4.69) is 6.07 Å². The van der Waals surface area contributed by atoms with Crippen LogP contribution in [0.1, 0.15) is 30.1 Å². The van der Waals surface area contributed by atoms with E-state index in [4.69, 9.17) is 5.73 Å². The van der Waals surface area contributed by atoms with Crippen molar-refractivity contribution in [1.29, 1.82) is 5.26 Å². The molecule has 4 rings (SSSR count). The summed E-state index contributed by atoms with van der Waals surface area (Å²) in [6.45, 7) is 0. The molecular formula is C20H15FN4O3S. The van der Waals surface area contributed by atoms with Gasteiger partial charge in [-0.3, -0.25) is 19.8 Å². The lowest BCUT2D eigenvalue weighted by atomic mass is 9.78. The Labute approximate surface area is 169 Å². The fourth-order valence-corrected chi connectivity index (χ4v) is 4.82. The molecule has 2 heterocycles. The van der Waals surface area contributed by atoms with Crippen molar-refractivity contribution in [3.05, 3.63) is 79.9 Å². The SMILES string of the molecule is N#CC1=C(N)N(c2ccccc2F)C2=C(C(=O)CCC2)C1c1ccc([N+](=O)[O-])s1. The lowest BCUT2D eigenvalue weighted by Gasteiger charge is -2.39. The van der Waals surface area contributed by atoms with E-state index in [0.29, 0.717) is 35.4 Å². The van der Waals surface area contributed by atoms with Gasteiger partial charge in [0, 0.05) is 28.6 Å². The number of benzene rings is 1. The van der Waals surface area contributed by atoms with Crippen LogP contribution in [0.25, 0.3) is 0 Å². The van der Waals surface area contributed by atoms with Crippen molar-refractivity contribution in [3.8, 4) is 6.07 Å². The number of halogens is 1. The van der Waals surface area contributed by atoms with Crippen molar-refractivity contribution in [2.45, 2.75) is 25.2 Å². The maximum absolute atomic E-state index is 14.6. The summed E-state index contributed by atoms with van der Waals surface area (Å²) in [7, 11) is 0. The molecule has 0 fully saturated rings. The molecule has 9 heteroatoms. The van der Waals surface area contributed by atoms with Crippen LogP contribution in [-0.4, -0.2) is 10.7 Å². The van der Waals surface area contributed by atoms with Gasteiger partial charge in [0.1, 0.15) is 11.6 Å². The van der Waals surface area contributed by atoms with Gasteiger partial charge in [-0.15, -0.1) is 0 Å². The first kappa shape index (κ1) is 18.8. The molecule has 0 saturated carbocycles. The number of rotatable bonds is 3. The minimum Gasteiger partial charge on any atom is -0.384 e. The predicted molar refractivity (Wildman–Crippen MR) is 105 cm³/mol. The summed E-state index contributed by atoms with van der Waals surface area (Å²) in [5.41, 5.74) is 7.48. The summed E-state index contributed by atoms with van der Waals surface area (Å²) in [6.07, 6.45) is 1.36. The van der Waals surface area contributed by atoms with Crippen LogP contribution in [-0.2, 0) is 4.79 Å². The largest absolute Gasteiger partial charge is 0.384 e. The summed E-state index contributed by atoms with van der Waals surface area (Å²) in [4.78, 5) is 25.4. The maximum Gasteiger partial charge on any atom is 0.324 e. The van der Waals surface area contributed by atoms with E-state index < -0.39 is 16.7 Å². The summed E-state index contributed by atoms with van der Waals surface area (Å²) >= 11 is 0.908. The van der Waals surface area contributed by atoms with Gasteiger partial charge in [0.2, 0.25) is 0 Å². The number of Topliss-reactive ketones (excluding diaryl/α,β-unsaturated/α-hetero) is 1. The lowest BCUT2D eigenvalue weighted by molar-refractivity contribution is -0.380. The number of nitrogens with two attached hydrogens (primary N) is 1. The molecule has 1 aliphatic carbocycles. The van der Waals surface area contributed by atoms with Crippen LogP contribution in [0.3, 0.4) is 0 Å². The number of carbonyl (C=O) groups is 1. The zero-order valence-electron chi connectivity index (χ0n) is 15.1. The minimum absolute atomic E-state index is 0.0344. The Morgan fingerprint density at radius 1 is 1.28 bits per heavy atom. The minimum atomic E-state index is -0.787. The normalized spacial score (nSPS) is 19.2. The zero-order valence-corrected chi connectivity index (χ0v) is 15.9. The van der Waals surface area contributed by atoms with Crippen LogP contribution in [0.2, 0.25) is 0 Å². The topological polar surface area (TPSA) is 113 Å². The molecule has 2 aliphatic rings. The highest BCUT2D eigenvalue weighted by molar-refractivity contribution is 7.15. The molecule has 146 valence electrons. The number of anilines is 1. The van der Waals surface area contributed by atoms with Crippen LogP contribution < -0.4 is 10.6 Å². The average molecular weight is 410 g/mol. The number of allylic oxidation sites excluding steroid dienone is 3. The number of nitriles is 1. The second-order valence-corrected chi connectivity index (χ2v) is 7.79. The van der Waals surface area contributed by atoms with Crippen LogP contribution in [0, 0.1) is 27.3 Å². The number of nitro groups is 1. The first-order chi connectivity index (χ1) is 13.9. The predicted octanol–water partition coefficient (Wildman–Crippen LogP) is 4.10. The van der Waals surface area contributed by atoms with Crippen LogP contribution in [0.5, 0.6) is 0 Å². The summed E-state index contributed by atoms with van der Waals surface area (Å²) in [6, 6.07) is 11.0. The first-order valence-electron chi connectivity index (χ1n) is 8.88. The second kappa shape index (κ2) is 7.14. The van der Waals surface area contributed by atoms with Gasteiger partial charge in [-0.05, 0) is 31.0 Å². The molecule has 1 aliphatic heterocycles. The van der Waals surface area contributed by atoms with Gasteiger partial charge >= 0.3 is 5.00 Å². The Bertz CT molecular complexity index is 1140. The second-order valence-electron chi connectivity index (χ2n) is 6.70. The van der Waals surface area contributed by atoms with E-state index in [-0.39, 0.29) is 27.9 Å². The number of hydrogen-bond donors (Lipinski definition) is 1. The Morgan fingerprint density at radius 2 is 2.03 bits per heavy atom. The van der Waals surface area contributed by atoms with Crippen LogP contribution in [0.4, 0.5) is 15.1 Å². The van der Waals surface area contributed by atoms with E-state index >= 15 is 0 Å². The highest BCUT2D eigenvalue weighted by Crippen LogP contribution is 2.48. The number of carbonyl (C=O) groups excluding carboxylic acids is 1. The Kier molecular flexibility index (Phi) is 4.64. The van der Waals surface area contributed by atoms with E-state index in [1.54, 1.807) is 18.2 Å². The number of para-hydroxylation sites is 1. The molecule has 0 saturated heterocycles. The Morgan fingerprint density at radius 3 is 2.69 bits per heavy atom. The van der Waals surface area contributed by atoms with Crippen LogP contribution in [0.15, 0.2) is 59.1 Å².